The molecule has 0 aromatic heterocycles. The standard InChI is InChI=1S/C14H23NO2/c1-4-9-17-14-7-5-13(6-8-14)12(3)15-10-11(2)16/h5-8,11-12,15-16H,4,9-10H2,1-3H3/t11-,12?/m0/s1. The molecular formula is C14H23NO2. The van der Waals surface area contributed by atoms with Crippen LogP contribution in [0.2, 0.25) is 0 Å². The molecule has 1 aromatic carbocycles. The zero-order valence-electron chi connectivity index (χ0n) is 10.9. The van der Waals surface area contributed by atoms with E-state index >= 15 is 0 Å². The van der Waals surface area contributed by atoms with Gasteiger partial charge < -0.3 is 15.2 Å². The van der Waals surface area contributed by atoms with Crippen molar-refractivity contribution in [2.24, 2.45) is 0 Å². The molecule has 0 fully saturated rings. The molecule has 1 aromatic rings. The highest BCUT2D eigenvalue weighted by Crippen LogP contribution is 2.17. The quantitative estimate of drug-likeness (QED) is 0.765. The fourth-order valence-corrected chi connectivity index (χ4v) is 1.54. The minimum Gasteiger partial charge on any atom is -0.494 e. The molecule has 0 aliphatic heterocycles. The van der Waals surface area contributed by atoms with E-state index in [1.54, 1.807) is 6.92 Å². The van der Waals surface area contributed by atoms with E-state index in [4.69, 9.17) is 4.74 Å². The number of aliphatic hydroxyl groups excluding tert-OH is 1. The summed E-state index contributed by atoms with van der Waals surface area (Å²) in [5.74, 6) is 0.915. The van der Waals surface area contributed by atoms with Crippen LogP contribution in [0.15, 0.2) is 24.3 Å². The van der Waals surface area contributed by atoms with Crippen molar-refractivity contribution < 1.29 is 9.84 Å². The fourth-order valence-electron chi connectivity index (χ4n) is 1.54. The zero-order chi connectivity index (χ0) is 12.7. The van der Waals surface area contributed by atoms with Gasteiger partial charge in [-0.25, -0.2) is 0 Å². The molecule has 0 saturated heterocycles. The van der Waals surface area contributed by atoms with Crippen molar-refractivity contribution in [2.75, 3.05) is 13.2 Å². The van der Waals surface area contributed by atoms with Crippen LogP contribution in [0, 0.1) is 0 Å². The third-order valence-electron chi connectivity index (χ3n) is 2.57. The molecule has 2 atom stereocenters. The molecule has 0 bridgehead atoms. The minimum atomic E-state index is -0.315. The molecule has 3 nitrogen and oxygen atoms in total. The lowest BCUT2D eigenvalue weighted by molar-refractivity contribution is 0.187. The Balaban J connectivity index is 2.48. The Morgan fingerprint density at radius 1 is 1.24 bits per heavy atom. The van der Waals surface area contributed by atoms with Crippen LogP contribution in [-0.2, 0) is 0 Å². The molecule has 0 amide bonds. The van der Waals surface area contributed by atoms with E-state index < -0.39 is 0 Å². The van der Waals surface area contributed by atoms with E-state index in [0.29, 0.717) is 6.54 Å². The second-order valence-electron chi connectivity index (χ2n) is 4.40. The largest absolute Gasteiger partial charge is 0.494 e. The smallest absolute Gasteiger partial charge is 0.119 e. The number of nitrogens with one attached hydrogen (secondary N) is 1. The molecule has 0 aliphatic rings. The summed E-state index contributed by atoms with van der Waals surface area (Å²) in [6, 6.07) is 8.34. The van der Waals surface area contributed by atoms with Crippen molar-refractivity contribution in [1.82, 2.24) is 5.32 Å². The summed E-state index contributed by atoms with van der Waals surface area (Å²) in [5.41, 5.74) is 1.20. The lowest BCUT2D eigenvalue weighted by Gasteiger charge is -2.16. The maximum absolute atomic E-state index is 9.21. The van der Waals surface area contributed by atoms with Crippen molar-refractivity contribution in [3.63, 3.8) is 0 Å². The van der Waals surface area contributed by atoms with Gasteiger partial charge in [-0.1, -0.05) is 19.1 Å². The van der Waals surface area contributed by atoms with E-state index in [9.17, 15) is 5.11 Å². The van der Waals surface area contributed by atoms with E-state index in [2.05, 4.69) is 31.3 Å². The summed E-state index contributed by atoms with van der Waals surface area (Å²) in [6.07, 6.45) is 0.707. The van der Waals surface area contributed by atoms with Gasteiger partial charge in [0.15, 0.2) is 0 Å². The van der Waals surface area contributed by atoms with Gasteiger partial charge in [-0.2, -0.15) is 0 Å². The fraction of sp³-hybridized carbons (Fsp3) is 0.571. The maximum Gasteiger partial charge on any atom is 0.119 e. The topological polar surface area (TPSA) is 41.5 Å². The van der Waals surface area contributed by atoms with Crippen LogP contribution in [0.1, 0.15) is 38.8 Å². The Morgan fingerprint density at radius 3 is 2.41 bits per heavy atom. The maximum atomic E-state index is 9.21. The number of hydrogen-bond acceptors (Lipinski definition) is 3. The molecule has 3 heteroatoms. The normalized spacial score (nSPS) is 14.4. The van der Waals surface area contributed by atoms with Crippen LogP contribution in [-0.4, -0.2) is 24.4 Å². The molecule has 17 heavy (non-hydrogen) atoms. The molecule has 0 heterocycles. The first kappa shape index (κ1) is 14.0. The molecule has 1 rings (SSSR count). The molecule has 96 valence electrons. The minimum absolute atomic E-state index is 0.241. The summed E-state index contributed by atoms with van der Waals surface area (Å²) in [5, 5.41) is 12.5. The van der Waals surface area contributed by atoms with Crippen molar-refractivity contribution in [2.45, 2.75) is 39.3 Å². The predicted molar refractivity (Wildman–Crippen MR) is 70.3 cm³/mol. The average molecular weight is 237 g/mol. The monoisotopic (exact) mass is 237 g/mol. The van der Waals surface area contributed by atoms with Gasteiger partial charge in [0.05, 0.1) is 12.7 Å². The third-order valence-corrected chi connectivity index (χ3v) is 2.57. The average Bonchev–Trinajstić information content (AvgIpc) is 2.34. The van der Waals surface area contributed by atoms with Gasteiger partial charge in [-0.3, -0.25) is 0 Å². The van der Waals surface area contributed by atoms with Gasteiger partial charge in [0.2, 0.25) is 0 Å². The zero-order valence-corrected chi connectivity index (χ0v) is 10.9. The van der Waals surface area contributed by atoms with Crippen molar-refractivity contribution in [3.05, 3.63) is 29.8 Å². The summed E-state index contributed by atoms with van der Waals surface area (Å²) in [7, 11) is 0. The van der Waals surface area contributed by atoms with Crippen molar-refractivity contribution >= 4 is 0 Å². The highest BCUT2D eigenvalue weighted by molar-refractivity contribution is 5.28. The van der Waals surface area contributed by atoms with Gasteiger partial charge in [0, 0.05) is 12.6 Å². The van der Waals surface area contributed by atoms with Crippen LogP contribution >= 0.6 is 0 Å². The van der Waals surface area contributed by atoms with Crippen LogP contribution in [0.3, 0.4) is 0 Å². The van der Waals surface area contributed by atoms with E-state index in [0.717, 1.165) is 18.8 Å². The van der Waals surface area contributed by atoms with Gasteiger partial charge in [0.25, 0.3) is 0 Å². The Morgan fingerprint density at radius 2 is 1.88 bits per heavy atom. The summed E-state index contributed by atoms with van der Waals surface area (Å²) < 4.78 is 5.53. The Kier molecular flexibility index (Phi) is 6.01. The number of aliphatic hydroxyl groups is 1. The lowest BCUT2D eigenvalue weighted by Crippen LogP contribution is -2.27. The van der Waals surface area contributed by atoms with Gasteiger partial charge in [0.1, 0.15) is 5.75 Å². The van der Waals surface area contributed by atoms with E-state index in [1.165, 1.54) is 5.56 Å². The highest BCUT2D eigenvalue weighted by atomic mass is 16.5. The van der Waals surface area contributed by atoms with Gasteiger partial charge in [-0.15, -0.1) is 0 Å². The van der Waals surface area contributed by atoms with E-state index in [1.807, 2.05) is 12.1 Å². The SMILES string of the molecule is CCCOc1ccc(C(C)NC[C@H](C)O)cc1. The second kappa shape index (κ2) is 7.30. The summed E-state index contributed by atoms with van der Waals surface area (Å²) >= 11 is 0. The summed E-state index contributed by atoms with van der Waals surface area (Å²) in [6.45, 7) is 7.33. The summed E-state index contributed by atoms with van der Waals surface area (Å²) in [4.78, 5) is 0. The molecule has 0 saturated carbocycles. The molecule has 2 N–H and O–H groups in total. The first-order valence-corrected chi connectivity index (χ1v) is 6.27. The second-order valence-corrected chi connectivity index (χ2v) is 4.40. The number of ether oxygens (including phenoxy) is 1. The third kappa shape index (κ3) is 5.20. The Labute approximate surface area is 104 Å². The lowest BCUT2D eigenvalue weighted by atomic mass is 10.1. The van der Waals surface area contributed by atoms with Crippen LogP contribution in [0.4, 0.5) is 0 Å². The van der Waals surface area contributed by atoms with Crippen LogP contribution in [0.5, 0.6) is 5.75 Å². The van der Waals surface area contributed by atoms with Gasteiger partial charge >= 0.3 is 0 Å². The first-order chi connectivity index (χ1) is 8.13. The highest BCUT2D eigenvalue weighted by Gasteiger charge is 2.05. The van der Waals surface area contributed by atoms with Crippen molar-refractivity contribution in [3.8, 4) is 5.75 Å². The van der Waals surface area contributed by atoms with E-state index in [-0.39, 0.29) is 12.1 Å². The number of benzene rings is 1. The first-order valence-electron chi connectivity index (χ1n) is 6.27. The van der Waals surface area contributed by atoms with Crippen LogP contribution in [0.25, 0.3) is 0 Å². The van der Waals surface area contributed by atoms with Gasteiger partial charge in [-0.05, 0) is 38.0 Å². The Bertz CT molecular complexity index is 309. The predicted octanol–water partition coefficient (Wildman–Crippen LogP) is 2.51. The Hall–Kier alpha value is -1.06. The molecule has 0 radical (unpaired) electrons. The number of rotatable bonds is 7. The molecular weight excluding hydrogens is 214 g/mol. The number of hydrogen-bond donors (Lipinski definition) is 2. The van der Waals surface area contributed by atoms with Crippen LogP contribution < -0.4 is 10.1 Å². The molecule has 1 unspecified atom stereocenters. The van der Waals surface area contributed by atoms with Crippen molar-refractivity contribution in [1.29, 1.82) is 0 Å². The molecule has 0 spiro atoms. The molecule has 0 aliphatic carbocycles.